The lowest BCUT2D eigenvalue weighted by molar-refractivity contribution is -0.138. The normalized spacial score (nSPS) is 12.0. The average molecular weight is 542 g/mol. The number of hydrogen-bond donors (Lipinski definition) is 1. The maximum atomic E-state index is 13.8. The van der Waals surface area contributed by atoms with E-state index in [1.807, 2.05) is 30.3 Å². The van der Waals surface area contributed by atoms with E-state index in [0.717, 1.165) is 9.87 Å². The quantitative estimate of drug-likeness (QED) is 0.389. The van der Waals surface area contributed by atoms with E-state index >= 15 is 0 Å². The van der Waals surface area contributed by atoms with Crippen LogP contribution in [-0.2, 0) is 26.0 Å². The smallest absolute Gasteiger partial charge is 0.264 e. The molecular formula is C28H32ClN3O4S. The molecule has 0 bridgehead atoms. The molecule has 1 atom stereocenters. The highest BCUT2D eigenvalue weighted by molar-refractivity contribution is 7.92. The van der Waals surface area contributed by atoms with Crippen molar-refractivity contribution in [1.29, 1.82) is 0 Å². The van der Waals surface area contributed by atoms with E-state index in [1.54, 1.807) is 57.2 Å². The molecule has 0 heterocycles. The molecule has 0 aliphatic carbocycles. The van der Waals surface area contributed by atoms with Gasteiger partial charge in [0.15, 0.2) is 0 Å². The highest BCUT2D eigenvalue weighted by Gasteiger charge is 2.32. The highest BCUT2D eigenvalue weighted by atomic mass is 35.5. The van der Waals surface area contributed by atoms with E-state index < -0.39 is 28.5 Å². The minimum atomic E-state index is -4.10. The maximum absolute atomic E-state index is 13.8. The number of aryl methyl sites for hydroxylation is 1. The predicted octanol–water partition coefficient (Wildman–Crippen LogP) is 4.44. The summed E-state index contributed by atoms with van der Waals surface area (Å²) in [6.45, 7) is 5.39. The number of nitrogens with one attached hydrogen (secondary N) is 1. The average Bonchev–Trinajstić information content (AvgIpc) is 2.89. The molecule has 196 valence electrons. The van der Waals surface area contributed by atoms with Crippen LogP contribution in [0.1, 0.15) is 25.0 Å². The van der Waals surface area contributed by atoms with Crippen LogP contribution in [0.15, 0.2) is 83.8 Å². The fourth-order valence-corrected chi connectivity index (χ4v) is 5.75. The van der Waals surface area contributed by atoms with E-state index in [9.17, 15) is 18.0 Å². The molecular weight excluding hydrogens is 510 g/mol. The summed E-state index contributed by atoms with van der Waals surface area (Å²) in [7, 11) is -4.10. The monoisotopic (exact) mass is 541 g/mol. The second kappa shape index (κ2) is 12.7. The number of amides is 2. The third kappa shape index (κ3) is 7.11. The van der Waals surface area contributed by atoms with Crippen molar-refractivity contribution in [1.82, 2.24) is 10.2 Å². The summed E-state index contributed by atoms with van der Waals surface area (Å²) in [5.74, 6) is -0.785. The summed E-state index contributed by atoms with van der Waals surface area (Å²) in [4.78, 5) is 28.0. The summed E-state index contributed by atoms with van der Waals surface area (Å²) < 4.78 is 28.6. The molecule has 9 heteroatoms. The van der Waals surface area contributed by atoms with Gasteiger partial charge in [0.2, 0.25) is 11.8 Å². The van der Waals surface area contributed by atoms with Crippen molar-refractivity contribution in [3.63, 3.8) is 0 Å². The summed E-state index contributed by atoms with van der Waals surface area (Å²) >= 11 is 6.13. The molecule has 0 spiro atoms. The third-order valence-electron chi connectivity index (χ3n) is 6.04. The van der Waals surface area contributed by atoms with Crippen LogP contribution in [-0.4, -0.2) is 50.8 Å². The van der Waals surface area contributed by atoms with Gasteiger partial charge in [0.1, 0.15) is 12.6 Å². The number of likely N-dealkylation sites (N-methyl/N-ethyl adjacent to an activating group) is 1. The number of nitrogens with zero attached hydrogens (tertiary/aromatic N) is 2. The van der Waals surface area contributed by atoms with Crippen LogP contribution in [0.25, 0.3) is 0 Å². The number of halogens is 1. The van der Waals surface area contributed by atoms with Crippen molar-refractivity contribution < 1.29 is 18.0 Å². The molecule has 2 amide bonds. The second-order valence-electron chi connectivity index (χ2n) is 8.65. The molecule has 0 saturated heterocycles. The highest BCUT2D eigenvalue weighted by Crippen LogP contribution is 2.29. The summed E-state index contributed by atoms with van der Waals surface area (Å²) in [6, 6.07) is 21.6. The summed E-state index contributed by atoms with van der Waals surface area (Å²) in [6.07, 6.45) is 0.516. The summed E-state index contributed by atoms with van der Waals surface area (Å²) in [5, 5.41) is 3.21. The second-order valence-corrected chi connectivity index (χ2v) is 10.9. The molecule has 0 aliphatic heterocycles. The minimum Gasteiger partial charge on any atom is -0.355 e. The molecule has 0 saturated carbocycles. The Labute approximate surface area is 224 Å². The van der Waals surface area contributed by atoms with Crippen LogP contribution in [0.3, 0.4) is 0 Å². The predicted molar refractivity (Wildman–Crippen MR) is 147 cm³/mol. The number of hydrogen-bond acceptors (Lipinski definition) is 4. The zero-order chi connectivity index (χ0) is 27.0. The van der Waals surface area contributed by atoms with Crippen LogP contribution in [0.2, 0.25) is 5.02 Å². The van der Waals surface area contributed by atoms with Gasteiger partial charge in [-0.25, -0.2) is 8.42 Å². The lowest BCUT2D eigenvalue weighted by Gasteiger charge is -2.32. The Hall–Kier alpha value is -3.36. The first-order valence-electron chi connectivity index (χ1n) is 12.1. The Kier molecular flexibility index (Phi) is 9.72. The third-order valence-corrected chi connectivity index (χ3v) is 8.05. The molecule has 0 unspecified atom stereocenters. The number of sulfonamides is 1. The van der Waals surface area contributed by atoms with Crippen molar-refractivity contribution in [3.05, 3.63) is 95.0 Å². The minimum absolute atomic E-state index is 0.0600. The number of carbonyl (C=O) groups is 2. The molecule has 0 fully saturated rings. The molecule has 3 rings (SSSR count). The Balaban J connectivity index is 1.99. The zero-order valence-electron chi connectivity index (χ0n) is 21.2. The van der Waals surface area contributed by atoms with E-state index in [0.29, 0.717) is 29.2 Å². The van der Waals surface area contributed by atoms with Gasteiger partial charge in [-0.3, -0.25) is 13.9 Å². The molecule has 0 aromatic heterocycles. The van der Waals surface area contributed by atoms with Gasteiger partial charge in [0.25, 0.3) is 10.0 Å². The number of carbonyl (C=O) groups excluding carboxylic acids is 2. The zero-order valence-corrected chi connectivity index (χ0v) is 22.8. The van der Waals surface area contributed by atoms with Gasteiger partial charge in [-0.2, -0.15) is 0 Å². The molecule has 0 aliphatic rings. The SMILES string of the molecule is CCNC(=O)[C@H](C)N(CCc1ccccc1)C(=O)CN(c1ccc(Cl)cc1C)S(=O)(=O)c1ccccc1. The topological polar surface area (TPSA) is 86.8 Å². The Morgan fingerprint density at radius 3 is 2.19 bits per heavy atom. The van der Waals surface area contributed by atoms with Crippen LogP contribution < -0.4 is 9.62 Å². The fraction of sp³-hybridized carbons (Fsp3) is 0.286. The van der Waals surface area contributed by atoms with Gasteiger partial charge in [-0.1, -0.05) is 60.1 Å². The van der Waals surface area contributed by atoms with Gasteiger partial charge in [0, 0.05) is 18.1 Å². The number of benzene rings is 3. The molecule has 3 aromatic carbocycles. The maximum Gasteiger partial charge on any atom is 0.264 e. The number of rotatable bonds is 11. The van der Waals surface area contributed by atoms with Crippen molar-refractivity contribution in [2.24, 2.45) is 0 Å². The fourth-order valence-electron chi connectivity index (χ4n) is 4.02. The Morgan fingerprint density at radius 1 is 0.973 bits per heavy atom. The largest absolute Gasteiger partial charge is 0.355 e. The van der Waals surface area contributed by atoms with Crippen LogP contribution >= 0.6 is 11.6 Å². The van der Waals surface area contributed by atoms with Crippen LogP contribution in [0.4, 0.5) is 5.69 Å². The van der Waals surface area contributed by atoms with Crippen LogP contribution in [0.5, 0.6) is 0 Å². The lowest BCUT2D eigenvalue weighted by Crippen LogP contribution is -2.52. The first-order valence-corrected chi connectivity index (χ1v) is 13.9. The molecule has 0 radical (unpaired) electrons. The van der Waals surface area contributed by atoms with E-state index in [2.05, 4.69) is 5.32 Å². The van der Waals surface area contributed by atoms with Crippen LogP contribution in [0, 0.1) is 6.92 Å². The van der Waals surface area contributed by atoms with E-state index in [4.69, 9.17) is 11.6 Å². The standard InChI is InChI=1S/C28H32ClN3O4S/c1-4-30-28(34)22(3)31(18-17-23-11-7-5-8-12-23)27(33)20-32(26-16-15-24(29)19-21(26)2)37(35,36)25-13-9-6-10-14-25/h5-16,19,22H,4,17-18,20H2,1-3H3,(H,30,34)/t22-/m0/s1. The van der Waals surface area contributed by atoms with Gasteiger partial charge >= 0.3 is 0 Å². The molecule has 3 aromatic rings. The van der Waals surface area contributed by atoms with Crippen molar-refractivity contribution >= 4 is 39.1 Å². The Bertz CT molecular complexity index is 1320. The first-order chi connectivity index (χ1) is 17.6. The molecule has 7 nitrogen and oxygen atoms in total. The molecule has 1 N–H and O–H groups in total. The number of anilines is 1. The lowest BCUT2D eigenvalue weighted by atomic mass is 10.1. The first kappa shape index (κ1) is 28.2. The van der Waals surface area contributed by atoms with E-state index in [-0.39, 0.29) is 17.3 Å². The van der Waals surface area contributed by atoms with Crippen molar-refractivity contribution in [2.75, 3.05) is 23.9 Å². The molecule has 37 heavy (non-hydrogen) atoms. The Morgan fingerprint density at radius 2 is 1.59 bits per heavy atom. The van der Waals surface area contributed by atoms with Gasteiger partial charge in [-0.15, -0.1) is 0 Å². The van der Waals surface area contributed by atoms with Gasteiger partial charge in [0.05, 0.1) is 10.6 Å². The van der Waals surface area contributed by atoms with Gasteiger partial charge < -0.3 is 10.2 Å². The van der Waals surface area contributed by atoms with Crippen molar-refractivity contribution in [2.45, 2.75) is 38.1 Å². The van der Waals surface area contributed by atoms with Gasteiger partial charge in [-0.05, 0) is 68.7 Å². The van der Waals surface area contributed by atoms with E-state index in [1.165, 1.54) is 17.0 Å². The summed E-state index contributed by atoms with van der Waals surface area (Å²) in [5.41, 5.74) is 1.95. The van der Waals surface area contributed by atoms with Crippen molar-refractivity contribution in [3.8, 4) is 0 Å².